The van der Waals surface area contributed by atoms with Crippen LogP contribution in [0, 0.1) is 6.92 Å². The monoisotopic (exact) mass is 237 g/mol. The van der Waals surface area contributed by atoms with E-state index in [0.717, 1.165) is 29.3 Å². The molecule has 1 aromatic heterocycles. The van der Waals surface area contributed by atoms with Crippen LogP contribution in [0.1, 0.15) is 33.8 Å². The Balaban J connectivity index is 1.81. The summed E-state index contributed by atoms with van der Waals surface area (Å²) in [5.74, 6) is 0.208. The molecule has 1 amide bonds. The van der Waals surface area contributed by atoms with Gasteiger partial charge in [-0.1, -0.05) is 0 Å². The van der Waals surface area contributed by atoms with E-state index in [-0.39, 0.29) is 11.7 Å². The normalized spacial score (nSPS) is 14.7. The summed E-state index contributed by atoms with van der Waals surface area (Å²) < 4.78 is 0. The van der Waals surface area contributed by atoms with E-state index >= 15 is 0 Å². The Morgan fingerprint density at radius 1 is 1.31 bits per heavy atom. The maximum Gasteiger partial charge on any atom is 0.223 e. The maximum atomic E-state index is 11.7. The lowest BCUT2D eigenvalue weighted by atomic mass is 10.1. The minimum absolute atomic E-state index is 0.0898. The van der Waals surface area contributed by atoms with Crippen LogP contribution in [0.3, 0.4) is 0 Å². The number of carbonyl (C=O) groups is 2. The average molecular weight is 237 g/mol. The summed E-state index contributed by atoms with van der Waals surface area (Å²) in [6.45, 7) is 3.71. The van der Waals surface area contributed by atoms with Gasteiger partial charge in [0.15, 0.2) is 5.78 Å². The molecule has 86 valence electrons. The second kappa shape index (κ2) is 4.78. The third kappa shape index (κ3) is 2.50. The number of thiophene rings is 1. The standard InChI is InChI=1S/C12H15NO2S/c1-9-3-5-11(16-9)10(14)4-6-12(15)13-7-2-8-13/h3,5H,2,4,6-8H2,1H3. The maximum absolute atomic E-state index is 11.7. The first-order valence-corrected chi connectivity index (χ1v) is 6.36. The number of carbonyl (C=O) groups excluding carboxylic acids is 2. The lowest BCUT2D eigenvalue weighted by molar-refractivity contribution is -0.134. The third-order valence-corrected chi connectivity index (χ3v) is 3.83. The fourth-order valence-corrected chi connectivity index (χ4v) is 2.49. The summed E-state index contributed by atoms with van der Waals surface area (Å²) in [5, 5.41) is 0. The van der Waals surface area contributed by atoms with Crippen molar-refractivity contribution in [2.24, 2.45) is 0 Å². The lowest BCUT2D eigenvalue weighted by Crippen LogP contribution is -2.42. The van der Waals surface area contributed by atoms with Crippen molar-refractivity contribution in [3.63, 3.8) is 0 Å². The van der Waals surface area contributed by atoms with Gasteiger partial charge in [-0.3, -0.25) is 9.59 Å². The molecule has 1 saturated heterocycles. The van der Waals surface area contributed by atoms with Crippen LogP contribution in [0.5, 0.6) is 0 Å². The van der Waals surface area contributed by atoms with E-state index in [9.17, 15) is 9.59 Å². The van der Waals surface area contributed by atoms with Gasteiger partial charge in [0, 0.05) is 30.8 Å². The molecule has 0 bridgehead atoms. The van der Waals surface area contributed by atoms with Crippen molar-refractivity contribution in [1.29, 1.82) is 0 Å². The van der Waals surface area contributed by atoms with E-state index in [1.807, 2.05) is 24.0 Å². The van der Waals surface area contributed by atoms with E-state index in [4.69, 9.17) is 0 Å². The Morgan fingerprint density at radius 2 is 2.06 bits per heavy atom. The van der Waals surface area contributed by atoms with Crippen LogP contribution in [0.15, 0.2) is 12.1 Å². The molecule has 1 aliphatic heterocycles. The fraction of sp³-hybridized carbons (Fsp3) is 0.500. The highest BCUT2D eigenvalue weighted by atomic mass is 32.1. The molecule has 0 radical (unpaired) electrons. The molecular weight excluding hydrogens is 222 g/mol. The van der Waals surface area contributed by atoms with Crippen molar-refractivity contribution < 1.29 is 9.59 Å². The Labute approximate surface area is 99.1 Å². The van der Waals surface area contributed by atoms with Crippen molar-refractivity contribution in [2.75, 3.05) is 13.1 Å². The Bertz CT molecular complexity index is 407. The first kappa shape index (κ1) is 11.3. The van der Waals surface area contributed by atoms with Crippen molar-refractivity contribution in [1.82, 2.24) is 4.90 Å². The van der Waals surface area contributed by atoms with Gasteiger partial charge in [-0.05, 0) is 25.5 Å². The van der Waals surface area contributed by atoms with Gasteiger partial charge in [0.05, 0.1) is 4.88 Å². The van der Waals surface area contributed by atoms with Gasteiger partial charge >= 0.3 is 0 Å². The number of hydrogen-bond donors (Lipinski definition) is 0. The van der Waals surface area contributed by atoms with Gasteiger partial charge in [0.1, 0.15) is 0 Å². The number of likely N-dealkylation sites (tertiary alicyclic amines) is 1. The summed E-state index contributed by atoms with van der Waals surface area (Å²) in [6, 6.07) is 3.78. The summed E-state index contributed by atoms with van der Waals surface area (Å²) in [5.41, 5.74) is 0. The van der Waals surface area contributed by atoms with E-state index in [1.165, 1.54) is 11.3 Å². The van der Waals surface area contributed by atoms with Crippen molar-refractivity contribution in [3.8, 4) is 0 Å². The molecule has 3 nitrogen and oxygen atoms in total. The van der Waals surface area contributed by atoms with Gasteiger partial charge in [-0.15, -0.1) is 11.3 Å². The van der Waals surface area contributed by atoms with Crippen molar-refractivity contribution in [2.45, 2.75) is 26.2 Å². The van der Waals surface area contributed by atoms with Crippen LogP contribution in [-0.2, 0) is 4.79 Å². The quantitative estimate of drug-likeness (QED) is 0.753. The van der Waals surface area contributed by atoms with E-state index in [2.05, 4.69) is 0 Å². The van der Waals surface area contributed by atoms with Crippen LogP contribution >= 0.6 is 11.3 Å². The van der Waals surface area contributed by atoms with E-state index in [0.29, 0.717) is 12.8 Å². The molecule has 16 heavy (non-hydrogen) atoms. The van der Waals surface area contributed by atoms with Crippen molar-refractivity contribution in [3.05, 3.63) is 21.9 Å². The van der Waals surface area contributed by atoms with Crippen LogP contribution in [0.2, 0.25) is 0 Å². The summed E-state index contributed by atoms with van der Waals surface area (Å²) in [4.78, 5) is 27.0. The highest BCUT2D eigenvalue weighted by Gasteiger charge is 2.20. The number of aryl methyl sites for hydroxylation is 1. The number of amides is 1. The summed E-state index contributed by atoms with van der Waals surface area (Å²) in [7, 11) is 0. The van der Waals surface area contributed by atoms with Crippen molar-refractivity contribution >= 4 is 23.0 Å². The molecule has 1 aliphatic rings. The first-order valence-electron chi connectivity index (χ1n) is 5.54. The number of ketones is 1. The molecule has 2 heterocycles. The minimum atomic E-state index is 0.0898. The molecule has 0 spiro atoms. The van der Waals surface area contributed by atoms with Gasteiger partial charge < -0.3 is 4.90 Å². The average Bonchev–Trinajstić information content (AvgIpc) is 2.58. The fourth-order valence-electron chi connectivity index (χ4n) is 1.65. The van der Waals surface area contributed by atoms with E-state index < -0.39 is 0 Å². The van der Waals surface area contributed by atoms with Crippen LogP contribution in [0.25, 0.3) is 0 Å². The topological polar surface area (TPSA) is 37.4 Å². The number of rotatable bonds is 4. The second-order valence-electron chi connectivity index (χ2n) is 4.07. The second-order valence-corrected chi connectivity index (χ2v) is 5.36. The molecular formula is C12H15NO2S. The summed E-state index contributed by atoms with van der Waals surface area (Å²) in [6.07, 6.45) is 1.80. The van der Waals surface area contributed by atoms with Gasteiger partial charge in [-0.25, -0.2) is 0 Å². The third-order valence-electron chi connectivity index (χ3n) is 2.79. The molecule has 1 fully saturated rings. The smallest absolute Gasteiger partial charge is 0.223 e. The first-order chi connectivity index (χ1) is 7.66. The Kier molecular flexibility index (Phi) is 3.39. The minimum Gasteiger partial charge on any atom is -0.343 e. The number of nitrogens with zero attached hydrogens (tertiary/aromatic N) is 1. The molecule has 0 unspecified atom stereocenters. The highest BCUT2D eigenvalue weighted by molar-refractivity contribution is 7.14. The van der Waals surface area contributed by atoms with E-state index in [1.54, 1.807) is 0 Å². The molecule has 1 aromatic rings. The number of hydrogen-bond acceptors (Lipinski definition) is 3. The zero-order valence-electron chi connectivity index (χ0n) is 9.36. The lowest BCUT2D eigenvalue weighted by Gasteiger charge is -2.30. The molecule has 0 N–H and O–H groups in total. The Morgan fingerprint density at radius 3 is 2.56 bits per heavy atom. The highest BCUT2D eigenvalue weighted by Crippen LogP contribution is 2.18. The zero-order valence-corrected chi connectivity index (χ0v) is 10.2. The Hall–Kier alpha value is -1.16. The van der Waals surface area contributed by atoms with Gasteiger partial charge in [0.25, 0.3) is 0 Å². The zero-order chi connectivity index (χ0) is 11.5. The predicted molar refractivity (Wildman–Crippen MR) is 63.8 cm³/mol. The van der Waals surface area contributed by atoms with Gasteiger partial charge in [0.2, 0.25) is 5.91 Å². The number of Topliss-reactive ketones (excluding diaryl/α,β-unsaturated/α-hetero) is 1. The predicted octanol–water partition coefficient (Wildman–Crippen LogP) is 2.25. The molecule has 0 saturated carbocycles. The molecule has 0 atom stereocenters. The molecule has 0 aromatic carbocycles. The van der Waals surface area contributed by atoms with Crippen LogP contribution in [0.4, 0.5) is 0 Å². The largest absolute Gasteiger partial charge is 0.343 e. The molecule has 2 rings (SSSR count). The SMILES string of the molecule is Cc1ccc(C(=O)CCC(=O)N2CCC2)s1. The van der Waals surface area contributed by atoms with Crippen LogP contribution in [-0.4, -0.2) is 29.7 Å². The van der Waals surface area contributed by atoms with Crippen LogP contribution < -0.4 is 0 Å². The summed E-state index contributed by atoms with van der Waals surface area (Å²) >= 11 is 1.50. The molecule has 4 heteroatoms. The van der Waals surface area contributed by atoms with Gasteiger partial charge in [-0.2, -0.15) is 0 Å². The molecule has 0 aliphatic carbocycles.